The molecule has 18 heavy (non-hydrogen) atoms. The van der Waals surface area contributed by atoms with Gasteiger partial charge >= 0.3 is 0 Å². The molecule has 0 radical (unpaired) electrons. The summed E-state index contributed by atoms with van der Waals surface area (Å²) in [5.74, 6) is 6.53. The molecule has 1 aliphatic carbocycles. The smallest absolute Gasteiger partial charge is 0.0813 e. The Morgan fingerprint density at radius 2 is 2.22 bits per heavy atom. The van der Waals surface area contributed by atoms with Crippen LogP contribution in [0.2, 0.25) is 5.02 Å². The van der Waals surface area contributed by atoms with E-state index in [4.69, 9.17) is 22.4 Å². The van der Waals surface area contributed by atoms with Crippen molar-refractivity contribution >= 4 is 23.0 Å². The first kappa shape index (κ1) is 13.1. The Labute approximate surface area is 112 Å². The van der Waals surface area contributed by atoms with E-state index in [1.54, 1.807) is 0 Å². The lowest BCUT2D eigenvalue weighted by atomic mass is 10.1. The third-order valence-corrected chi connectivity index (χ3v) is 3.32. The van der Waals surface area contributed by atoms with Gasteiger partial charge < -0.3 is 16.2 Å². The number of nitrogens with two attached hydrogens (primary N) is 1. The van der Waals surface area contributed by atoms with Crippen LogP contribution in [0.4, 0.5) is 11.4 Å². The zero-order valence-electron chi connectivity index (χ0n) is 10.2. The average molecular weight is 265 g/mol. The second kappa shape index (κ2) is 5.99. The van der Waals surface area contributed by atoms with Gasteiger partial charge in [0.05, 0.1) is 23.0 Å². The summed E-state index contributed by atoms with van der Waals surface area (Å²) in [5.41, 5.74) is 8.11. The van der Waals surface area contributed by atoms with Gasteiger partial charge in [-0.1, -0.05) is 23.4 Å². The number of halogens is 1. The van der Waals surface area contributed by atoms with Crippen LogP contribution in [0, 0.1) is 17.8 Å². The van der Waals surface area contributed by atoms with E-state index in [9.17, 15) is 0 Å². The van der Waals surface area contributed by atoms with Crippen LogP contribution in [-0.4, -0.2) is 18.3 Å². The highest BCUT2D eigenvalue weighted by Gasteiger charge is 2.21. The van der Waals surface area contributed by atoms with E-state index in [2.05, 4.69) is 17.2 Å². The Morgan fingerprint density at radius 3 is 2.89 bits per heavy atom. The zero-order chi connectivity index (χ0) is 13.0. The Bertz CT molecular complexity index is 487. The first-order valence-electron chi connectivity index (χ1n) is 6.14. The topological polar surface area (TPSA) is 58.3 Å². The highest BCUT2D eigenvalue weighted by molar-refractivity contribution is 6.35. The molecular weight excluding hydrogens is 248 g/mol. The van der Waals surface area contributed by atoms with Crippen LogP contribution in [-0.2, 0) is 0 Å². The molecule has 4 N–H and O–H groups in total. The number of nitrogens with one attached hydrogen (secondary N) is 1. The van der Waals surface area contributed by atoms with Crippen LogP contribution >= 0.6 is 11.6 Å². The quantitative estimate of drug-likeness (QED) is 0.578. The summed E-state index contributed by atoms with van der Waals surface area (Å²) < 4.78 is 0. The third kappa shape index (κ3) is 3.32. The molecule has 0 unspecified atom stereocenters. The van der Waals surface area contributed by atoms with Crippen molar-refractivity contribution in [3.63, 3.8) is 0 Å². The molecule has 0 aromatic heterocycles. The van der Waals surface area contributed by atoms with E-state index in [0.717, 1.165) is 18.2 Å². The Hall–Kier alpha value is -1.37. The van der Waals surface area contributed by atoms with Gasteiger partial charge in [0.1, 0.15) is 0 Å². The van der Waals surface area contributed by atoms with Gasteiger partial charge in [-0.25, -0.2) is 0 Å². The maximum Gasteiger partial charge on any atom is 0.0813 e. The number of benzene rings is 1. The van der Waals surface area contributed by atoms with Crippen LogP contribution in [0.25, 0.3) is 0 Å². The standard InChI is InChI=1S/C14H17ClN2O/c15-13-11(3-1-2-8-18)6-7-12(14(13)16)17-9-10-4-5-10/h6-7,10,17-18H,2,4-5,8-9,16H2. The highest BCUT2D eigenvalue weighted by Crippen LogP contribution is 2.33. The molecule has 96 valence electrons. The Kier molecular flexibility index (Phi) is 4.35. The summed E-state index contributed by atoms with van der Waals surface area (Å²) in [6.07, 6.45) is 3.04. The summed E-state index contributed by atoms with van der Waals surface area (Å²) >= 11 is 6.18. The lowest BCUT2D eigenvalue weighted by Crippen LogP contribution is -2.06. The predicted molar refractivity (Wildman–Crippen MR) is 75.7 cm³/mol. The number of rotatable bonds is 4. The summed E-state index contributed by atoms with van der Waals surface area (Å²) in [6, 6.07) is 3.77. The van der Waals surface area contributed by atoms with Gasteiger partial charge in [0.15, 0.2) is 0 Å². The molecule has 1 aromatic carbocycles. The fourth-order valence-corrected chi connectivity index (χ4v) is 1.85. The van der Waals surface area contributed by atoms with Crippen molar-refractivity contribution in [2.24, 2.45) is 5.92 Å². The molecule has 4 heteroatoms. The molecule has 2 rings (SSSR count). The molecule has 0 saturated heterocycles. The zero-order valence-corrected chi connectivity index (χ0v) is 10.9. The van der Waals surface area contributed by atoms with Gasteiger partial charge in [0, 0.05) is 18.5 Å². The summed E-state index contributed by atoms with van der Waals surface area (Å²) in [7, 11) is 0. The molecule has 0 amide bonds. The summed E-state index contributed by atoms with van der Waals surface area (Å²) in [6.45, 7) is 1.01. The first-order chi connectivity index (χ1) is 8.72. The van der Waals surface area contributed by atoms with E-state index in [1.807, 2.05) is 12.1 Å². The van der Waals surface area contributed by atoms with Crippen LogP contribution in [0.5, 0.6) is 0 Å². The Morgan fingerprint density at radius 1 is 1.44 bits per heavy atom. The minimum Gasteiger partial charge on any atom is -0.396 e. The van der Waals surface area contributed by atoms with Crippen LogP contribution in [0.3, 0.4) is 0 Å². The van der Waals surface area contributed by atoms with Gasteiger partial charge in [-0.3, -0.25) is 0 Å². The number of hydrogen-bond donors (Lipinski definition) is 3. The van der Waals surface area contributed by atoms with Gasteiger partial charge in [0.2, 0.25) is 0 Å². The summed E-state index contributed by atoms with van der Waals surface area (Å²) in [4.78, 5) is 0. The van der Waals surface area contributed by atoms with Crippen molar-refractivity contribution in [3.05, 3.63) is 22.7 Å². The average Bonchev–Trinajstić information content (AvgIpc) is 3.18. The molecule has 0 bridgehead atoms. The van der Waals surface area contributed by atoms with Gasteiger partial charge in [-0.05, 0) is 30.9 Å². The van der Waals surface area contributed by atoms with E-state index in [-0.39, 0.29) is 6.61 Å². The number of anilines is 2. The number of aliphatic hydroxyl groups excluding tert-OH is 1. The minimum absolute atomic E-state index is 0.0567. The van der Waals surface area contributed by atoms with E-state index in [0.29, 0.717) is 22.7 Å². The van der Waals surface area contributed by atoms with Crippen molar-refractivity contribution in [3.8, 4) is 11.8 Å². The fourth-order valence-electron chi connectivity index (χ4n) is 1.63. The van der Waals surface area contributed by atoms with Crippen molar-refractivity contribution in [2.75, 3.05) is 24.2 Å². The van der Waals surface area contributed by atoms with Gasteiger partial charge in [-0.15, -0.1) is 0 Å². The number of aliphatic hydroxyl groups is 1. The predicted octanol–water partition coefficient (Wildman–Crippen LogP) is 2.48. The SMILES string of the molecule is Nc1c(NCC2CC2)ccc(C#CCCO)c1Cl. The highest BCUT2D eigenvalue weighted by atomic mass is 35.5. The minimum atomic E-state index is 0.0567. The molecule has 0 aliphatic heterocycles. The Balaban J connectivity index is 2.10. The molecule has 1 fully saturated rings. The summed E-state index contributed by atoms with van der Waals surface area (Å²) in [5, 5.41) is 12.5. The molecule has 0 heterocycles. The lowest BCUT2D eigenvalue weighted by Gasteiger charge is -2.11. The lowest BCUT2D eigenvalue weighted by molar-refractivity contribution is 0.305. The monoisotopic (exact) mass is 264 g/mol. The van der Waals surface area contributed by atoms with Crippen molar-refractivity contribution in [1.82, 2.24) is 0 Å². The van der Waals surface area contributed by atoms with E-state index in [1.165, 1.54) is 12.8 Å². The normalized spacial score (nSPS) is 13.9. The van der Waals surface area contributed by atoms with Gasteiger partial charge in [-0.2, -0.15) is 0 Å². The van der Waals surface area contributed by atoms with Crippen LogP contribution in [0.1, 0.15) is 24.8 Å². The molecule has 1 aromatic rings. The van der Waals surface area contributed by atoms with Crippen LogP contribution < -0.4 is 11.1 Å². The maximum absolute atomic E-state index is 8.67. The largest absolute Gasteiger partial charge is 0.396 e. The molecule has 1 saturated carbocycles. The van der Waals surface area contributed by atoms with Crippen LogP contribution in [0.15, 0.2) is 12.1 Å². The fraction of sp³-hybridized carbons (Fsp3) is 0.429. The second-order valence-electron chi connectivity index (χ2n) is 4.49. The molecule has 1 aliphatic rings. The first-order valence-corrected chi connectivity index (χ1v) is 6.51. The van der Waals surface area contributed by atoms with Crippen molar-refractivity contribution in [1.29, 1.82) is 0 Å². The third-order valence-electron chi connectivity index (χ3n) is 2.92. The molecule has 3 nitrogen and oxygen atoms in total. The molecule has 0 atom stereocenters. The molecular formula is C14H17ClN2O. The number of nitrogen functional groups attached to an aromatic ring is 1. The maximum atomic E-state index is 8.67. The van der Waals surface area contributed by atoms with Crippen molar-refractivity contribution < 1.29 is 5.11 Å². The van der Waals surface area contributed by atoms with E-state index >= 15 is 0 Å². The second-order valence-corrected chi connectivity index (χ2v) is 4.87. The van der Waals surface area contributed by atoms with Gasteiger partial charge in [0.25, 0.3) is 0 Å². The van der Waals surface area contributed by atoms with E-state index < -0.39 is 0 Å². The number of hydrogen-bond acceptors (Lipinski definition) is 3. The van der Waals surface area contributed by atoms with Crippen molar-refractivity contribution in [2.45, 2.75) is 19.3 Å². The molecule has 0 spiro atoms.